The zero-order valence-corrected chi connectivity index (χ0v) is 12.1. The fraction of sp³-hybridized carbons (Fsp3) is 0.294. The molecule has 1 heterocycles. The maximum absolute atomic E-state index is 11.9. The van der Waals surface area contributed by atoms with Crippen LogP contribution in [0.3, 0.4) is 0 Å². The van der Waals surface area contributed by atoms with Crippen LogP contribution in [0.5, 0.6) is 5.75 Å². The number of hydrogen-bond acceptors (Lipinski definition) is 3. The number of carbonyl (C=O) groups is 1. The van der Waals surface area contributed by atoms with E-state index >= 15 is 0 Å². The summed E-state index contributed by atoms with van der Waals surface area (Å²) in [6.45, 7) is 2.00. The van der Waals surface area contributed by atoms with Crippen molar-refractivity contribution in [2.24, 2.45) is 0 Å². The largest absolute Gasteiger partial charge is 0.508 e. The average molecular weight is 284 g/mol. The molecule has 0 fully saturated rings. The number of pyridine rings is 1. The Morgan fingerprint density at radius 2 is 2.00 bits per heavy atom. The van der Waals surface area contributed by atoms with E-state index < -0.39 is 0 Å². The van der Waals surface area contributed by atoms with E-state index in [1.807, 2.05) is 31.2 Å². The predicted molar refractivity (Wildman–Crippen MR) is 82.0 cm³/mol. The molecule has 1 amide bonds. The van der Waals surface area contributed by atoms with E-state index in [0.717, 1.165) is 24.0 Å². The maximum Gasteiger partial charge on any atom is 0.224 e. The molecule has 4 heteroatoms. The summed E-state index contributed by atoms with van der Waals surface area (Å²) in [4.78, 5) is 15.9. The molecule has 110 valence electrons. The highest BCUT2D eigenvalue weighted by atomic mass is 16.3. The monoisotopic (exact) mass is 284 g/mol. The fourth-order valence-electron chi connectivity index (χ4n) is 2.13. The minimum Gasteiger partial charge on any atom is -0.508 e. The number of hydrogen-bond donors (Lipinski definition) is 2. The molecule has 0 spiro atoms. The first-order chi connectivity index (χ1) is 10.1. The lowest BCUT2D eigenvalue weighted by Crippen LogP contribution is -2.34. The van der Waals surface area contributed by atoms with Crippen LogP contribution in [0.1, 0.15) is 24.5 Å². The Morgan fingerprint density at radius 3 is 2.67 bits per heavy atom. The van der Waals surface area contributed by atoms with E-state index in [4.69, 9.17) is 0 Å². The highest BCUT2D eigenvalue weighted by Crippen LogP contribution is 2.12. The molecule has 21 heavy (non-hydrogen) atoms. The van der Waals surface area contributed by atoms with E-state index in [0.29, 0.717) is 6.42 Å². The van der Waals surface area contributed by atoms with Gasteiger partial charge in [-0.15, -0.1) is 0 Å². The molecule has 2 N–H and O–H groups in total. The van der Waals surface area contributed by atoms with Crippen molar-refractivity contribution in [1.82, 2.24) is 10.3 Å². The summed E-state index contributed by atoms with van der Waals surface area (Å²) in [6.07, 6.45) is 5.50. The van der Waals surface area contributed by atoms with Crippen LogP contribution in [0.2, 0.25) is 0 Å². The number of aromatic hydroxyl groups is 1. The number of phenolic OH excluding ortho intramolecular Hbond substituents is 1. The molecule has 0 saturated carbocycles. The number of aryl methyl sites for hydroxylation is 1. The van der Waals surface area contributed by atoms with Crippen LogP contribution in [0.15, 0.2) is 48.8 Å². The van der Waals surface area contributed by atoms with Gasteiger partial charge in [0.05, 0.1) is 6.42 Å². The van der Waals surface area contributed by atoms with Crippen LogP contribution >= 0.6 is 0 Å². The van der Waals surface area contributed by atoms with Crippen molar-refractivity contribution < 1.29 is 9.90 Å². The van der Waals surface area contributed by atoms with Gasteiger partial charge in [0.2, 0.25) is 5.91 Å². The molecule has 0 aliphatic carbocycles. The number of amides is 1. The van der Waals surface area contributed by atoms with Gasteiger partial charge in [0.1, 0.15) is 5.75 Å². The summed E-state index contributed by atoms with van der Waals surface area (Å²) in [6, 6.07) is 11.0. The van der Waals surface area contributed by atoms with Gasteiger partial charge in [-0.25, -0.2) is 0 Å². The van der Waals surface area contributed by atoms with E-state index in [1.165, 1.54) is 0 Å². The zero-order valence-electron chi connectivity index (χ0n) is 12.1. The Bertz CT molecular complexity index is 567. The smallest absolute Gasteiger partial charge is 0.224 e. The first kappa shape index (κ1) is 15.0. The van der Waals surface area contributed by atoms with Crippen molar-refractivity contribution in [1.29, 1.82) is 0 Å². The molecule has 0 aliphatic rings. The van der Waals surface area contributed by atoms with Crippen LogP contribution in [-0.4, -0.2) is 22.0 Å². The van der Waals surface area contributed by atoms with Gasteiger partial charge in [-0.05, 0) is 49.1 Å². The van der Waals surface area contributed by atoms with Crippen LogP contribution in [-0.2, 0) is 17.6 Å². The van der Waals surface area contributed by atoms with Crippen LogP contribution in [0, 0.1) is 0 Å². The zero-order chi connectivity index (χ0) is 15.1. The lowest BCUT2D eigenvalue weighted by Gasteiger charge is -2.14. The summed E-state index contributed by atoms with van der Waals surface area (Å²) in [7, 11) is 0. The summed E-state index contributed by atoms with van der Waals surface area (Å²) in [5, 5.41) is 12.2. The van der Waals surface area contributed by atoms with Gasteiger partial charge < -0.3 is 10.4 Å². The molecule has 0 bridgehead atoms. The first-order valence-electron chi connectivity index (χ1n) is 7.09. The van der Waals surface area contributed by atoms with Gasteiger partial charge in [0.25, 0.3) is 0 Å². The molecule has 1 aromatic carbocycles. The molecule has 0 saturated heterocycles. The SMILES string of the molecule is C[C@@H](CCc1ccc(O)cc1)NC(=O)Cc1cccnc1. The van der Waals surface area contributed by atoms with Crippen molar-refractivity contribution in [3.63, 3.8) is 0 Å². The van der Waals surface area contributed by atoms with Gasteiger partial charge in [-0.2, -0.15) is 0 Å². The molecule has 0 unspecified atom stereocenters. The van der Waals surface area contributed by atoms with Crippen molar-refractivity contribution in [2.75, 3.05) is 0 Å². The van der Waals surface area contributed by atoms with E-state index in [1.54, 1.807) is 24.5 Å². The lowest BCUT2D eigenvalue weighted by atomic mass is 10.1. The van der Waals surface area contributed by atoms with Gasteiger partial charge in [0.15, 0.2) is 0 Å². The third kappa shape index (κ3) is 5.26. The third-order valence-electron chi connectivity index (χ3n) is 3.30. The van der Waals surface area contributed by atoms with Crippen molar-refractivity contribution in [2.45, 2.75) is 32.2 Å². The summed E-state index contributed by atoms with van der Waals surface area (Å²) >= 11 is 0. The third-order valence-corrected chi connectivity index (χ3v) is 3.30. The second-order valence-corrected chi connectivity index (χ2v) is 5.21. The van der Waals surface area contributed by atoms with E-state index in [-0.39, 0.29) is 17.7 Å². The Kier molecular flexibility index (Phi) is 5.32. The van der Waals surface area contributed by atoms with Crippen molar-refractivity contribution >= 4 is 5.91 Å². The quantitative estimate of drug-likeness (QED) is 0.856. The van der Waals surface area contributed by atoms with Crippen molar-refractivity contribution in [3.8, 4) is 5.75 Å². The molecule has 0 aliphatic heterocycles. The molecular weight excluding hydrogens is 264 g/mol. The number of aromatic nitrogens is 1. The normalized spacial score (nSPS) is 11.9. The number of nitrogens with one attached hydrogen (secondary N) is 1. The fourth-order valence-corrected chi connectivity index (χ4v) is 2.13. The summed E-state index contributed by atoms with van der Waals surface area (Å²) in [5.41, 5.74) is 2.07. The number of carbonyl (C=O) groups excluding carboxylic acids is 1. The number of rotatable bonds is 6. The Morgan fingerprint density at radius 1 is 1.24 bits per heavy atom. The van der Waals surface area contributed by atoms with Gasteiger partial charge in [-0.1, -0.05) is 18.2 Å². The highest BCUT2D eigenvalue weighted by molar-refractivity contribution is 5.78. The number of nitrogens with zero attached hydrogens (tertiary/aromatic N) is 1. The molecule has 1 atom stereocenters. The highest BCUT2D eigenvalue weighted by Gasteiger charge is 2.08. The standard InChI is InChI=1S/C17H20N2O2/c1-13(4-5-14-6-8-16(20)9-7-14)19-17(21)11-15-3-2-10-18-12-15/h2-3,6-10,12-13,20H,4-5,11H2,1H3,(H,19,21)/t13-/m0/s1. The second-order valence-electron chi connectivity index (χ2n) is 5.21. The predicted octanol–water partition coefficient (Wildman–Crippen LogP) is 2.47. The topological polar surface area (TPSA) is 62.2 Å². The summed E-state index contributed by atoms with van der Waals surface area (Å²) < 4.78 is 0. The van der Waals surface area contributed by atoms with E-state index in [9.17, 15) is 9.90 Å². The minimum absolute atomic E-state index is 0.0150. The number of benzene rings is 1. The van der Waals surface area contributed by atoms with Crippen LogP contribution in [0.4, 0.5) is 0 Å². The van der Waals surface area contributed by atoms with Crippen LogP contribution in [0.25, 0.3) is 0 Å². The molecular formula is C17H20N2O2. The van der Waals surface area contributed by atoms with Crippen LogP contribution < -0.4 is 5.32 Å². The van der Waals surface area contributed by atoms with E-state index in [2.05, 4.69) is 10.3 Å². The Labute approximate surface area is 124 Å². The molecule has 0 radical (unpaired) electrons. The van der Waals surface area contributed by atoms with Crippen molar-refractivity contribution in [3.05, 3.63) is 59.9 Å². The Hall–Kier alpha value is -2.36. The molecule has 2 aromatic rings. The number of phenols is 1. The molecule has 4 nitrogen and oxygen atoms in total. The minimum atomic E-state index is 0.0150. The van der Waals surface area contributed by atoms with Gasteiger partial charge in [-0.3, -0.25) is 9.78 Å². The maximum atomic E-state index is 11.9. The molecule has 1 aromatic heterocycles. The molecule has 2 rings (SSSR count). The second kappa shape index (κ2) is 7.43. The summed E-state index contributed by atoms with van der Waals surface area (Å²) in [5.74, 6) is 0.290. The van der Waals surface area contributed by atoms with Gasteiger partial charge in [0, 0.05) is 18.4 Å². The lowest BCUT2D eigenvalue weighted by molar-refractivity contribution is -0.121. The van der Waals surface area contributed by atoms with Gasteiger partial charge >= 0.3 is 0 Å². The first-order valence-corrected chi connectivity index (χ1v) is 7.09. The Balaban J connectivity index is 1.75. The average Bonchev–Trinajstić information content (AvgIpc) is 2.47.